The molecule has 0 unspecified atom stereocenters. The van der Waals surface area contributed by atoms with Crippen LogP contribution in [0.4, 0.5) is 14.5 Å². The maximum absolute atomic E-state index is 13.9. The summed E-state index contributed by atoms with van der Waals surface area (Å²) in [5.41, 5.74) is 0.558. The molecule has 1 N–H and O–H groups in total. The molecule has 1 fully saturated rings. The zero-order valence-corrected chi connectivity index (χ0v) is 19.2. The fraction of sp³-hybridized carbons (Fsp3) is 0.250. The third kappa shape index (κ3) is 4.92. The van der Waals surface area contributed by atoms with Gasteiger partial charge in [0.1, 0.15) is 17.3 Å². The molecule has 0 aliphatic carbocycles. The number of benzene rings is 2. The van der Waals surface area contributed by atoms with Crippen LogP contribution in [0.25, 0.3) is 12.2 Å². The lowest BCUT2D eigenvalue weighted by Crippen LogP contribution is -2.41. The number of hydrogen-bond acceptors (Lipinski definition) is 5. The van der Waals surface area contributed by atoms with Gasteiger partial charge in [0.05, 0.1) is 5.69 Å². The Morgan fingerprint density at radius 2 is 1.71 bits per heavy atom. The molecule has 0 spiro atoms. The number of piperidine rings is 1. The van der Waals surface area contributed by atoms with Crippen LogP contribution in [0.15, 0.2) is 57.9 Å². The van der Waals surface area contributed by atoms with Crippen molar-refractivity contribution in [3.63, 3.8) is 0 Å². The van der Waals surface area contributed by atoms with Crippen LogP contribution in [0.1, 0.15) is 29.9 Å². The topological polar surface area (TPSA) is 92.5 Å². The predicted molar refractivity (Wildman–Crippen MR) is 123 cm³/mol. The number of anilines is 1. The fourth-order valence-electron chi connectivity index (χ4n) is 3.86. The minimum Gasteiger partial charge on any atom is -0.355 e. The summed E-state index contributed by atoms with van der Waals surface area (Å²) < 4.78 is 60.9. The van der Waals surface area contributed by atoms with Crippen molar-refractivity contribution in [1.29, 1.82) is 0 Å². The molecule has 1 saturated heterocycles. The van der Waals surface area contributed by atoms with Crippen LogP contribution in [-0.4, -0.2) is 36.9 Å². The molecule has 1 aliphatic rings. The minimum atomic E-state index is -3.97. The van der Waals surface area contributed by atoms with E-state index in [1.165, 1.54) is 47.6 Å². The number of sulfonamides is 1. The van der Waals surface area contributed by atoms with E-state index in [-0.39, 0.29) is 59.4 Å². The monoisotopic (exact) mass is 487 g/mol. The van der Waals surface area contributed by atoms with E-state index < -0.39 is 27.6 Å². The van der Waals surface area contributed by atoms with Gasteiger partial charge in [0, 0.05) is 24.6 Å². The Labute approximate surface area is 196 Å². The number of nitrogens with one attached hydrogen (secondary N) is 1. The van der Waals surface area contributed by atoms with Gasteiger partial charge in [-0.3, -0.25) is 4.79 Å². The number of rotatable bonds is 6. The van der Waals surface area contributed by atoms with Crippen LogP contribution < -0.4 is 5.32 Å². The molecule has 1 aliphatic heterocycles. The molecular formula is C24H23F2N3O4S. The van der Waals surface area contributed by atoms with Gasteiger partial charge in [0.2, 0.25) is 15.9 Å². The highest BCUT2D eigenvalue weighted by atomic mass is 32.2. The van der Waals surface area contributed by atoms with Gasteiger partial charge in [-0.1, -0.05) is 35.5 Å². The van der Waals surface area contributed by atoms with Gasteiger partial charge in [0.25, 0.3) is 0 Å². The van der Waals surface area contributed by atoms with E-state index in [4.69, 9.17) is 4.52 Å². The molecule has 2 heterocycles. The highest BCUT2D eigenvalue weighted by molar-refractivity contribution is 7.89. The molecule has 0 radical (unpaired) electrons. The van der Waals surface area contributed by atoms with Gasteiger partial charge in [-0.15, -0.1) is 0 Å². The number of carbonyl (C=O) groups is 1. The number of carbonyl (C=O) groups excluding carboxylic acids is 1. The fourth-order valence-corrected chi connectivity index (χ4v) is 5.58. The molecule has 4 rings (SSSR count). The quantitative estimate of drug-likeness (QED) is 0.554. The van der Waals surface area contributed by atoms with E-state index in [1.54, 1.807) is 24.3 Å². The predicted octanol–water partition coefficient (Wildman–Crippen LogP) is 4.47. The van der Waals surface area contributed by atoms with Crippen LogP contribution in [0.2, 0.25) is 0 Å². The number of para-hydroxylation sites is 1. The van der Waals surface area contributed by atoms with Crippen LogP contribution in [0, 0.1) is 24.5 Å². The van der Waals surface area contributed by atoms with Crippen molar-refractivity contribution in [3.05, 3.63) is 77.2 Å². The molecule has 1 amide bonds. The van der Waals surface area contributed by atoms with Crippen molar-refractivity contribution in [2.75, 3.05) is 18.4 Å². The molecule has 7 nitrogen and oxygen atoms in total. The second kappa shape index (κ2) is 9.86. The Morgan fingerprint density at radius 3 is 2.38 bits per heavy atom. The second-order valence-corrected chi connectivity index (χ2v) is 9.84. The normalized spacial score (nSPS) is 15.6. The molecule has 0 atom stereocenters. The Hall–Kier alpha value is -3.37. The number of amides is 1. The summed E-state index contributed by atoms with van der Waals surface area (Å²) in [5.74, 6) is -1.78. The zero-order chi connectivity index (χ0) is 24.3. The van der Waals surface area contributed by atoms with Gasteiger partial charge in [-0.25, -0.2) is 17.2 Å². The first-order valence-electron chi connectivity index (χ1n) is 10.7. The highest BCUT2D eigenvalue weighted by Gasteiger charge is 2.36. The number of nitrogens with zero attached hydrogens (tertiary/aromatic N) is 2. The zero-order valence-electron chi connectivity index (χ0n) is 18.4. The van der Waals surface area contributed by atoms with Crippen molar-refractivity contribution in [2.24, 2.45) is 5.92 Å². The van der Waals surface area contributed by atoms with E-state index >= 15 is 0 Å². The van der Waals surface area contributed by atoms with Gasteiger partial charge in [0.15, 0.2) is 10.7 Å². The first-order valence-corrected chi connectivity index (χ1v) is 12.2. The minimum absolute atomic E-state index is 0.000160. The van der Waals surface area contributed by atoms with Crippen LogP contribution in [-0.2, 0) is 14.8 Å². The smallest absolute Gasteiger partial charge is 0.248 e. The molecule has 1 aromatic heterocycles. The average Bonchev–Trinajstić information content (AvgIpc) is 3.21. The summed E-state index contributed by atoms with van der Waals surface area (Å²) in [6.45, 7) is 1.74. The number of aryl methyl sites for hydroxylation is 1. The van der Waals surface area contributed by atoms with Crippen LogP contribution in [0.5, 0.6) is 0 Å². The molecule has 3 aromatic rings. The average molecular weight is 488 g/mol. The van der Waals surface area contributed by atoms with Crippen molar-refractivity contribution in [3.8, 4) is 0 Å². The van der Waals surface area contributed by atoms with E-state index in [0.29, 0.717) is 0 Å². The maximum Gasteiger partial charge on any atom is 0.248 e. The Bertz CT molecular complexity index is 1330. The largest absolute Gasteiger partial charge is 0.355 e. The van der Waals surface area contributed by atoms with Crippen molar-refractivity contribution < 1.29 is 26.5 Å². The van der Waals surface area contributed by atoms with E-state index in [1.807, 2.05) is 0 Å². The Kier molecular flexibility index (Phi) is 6.90. The molecule has 0 saturated carbocycles. The number of hydrogen-bond donors (Lipinski definition) is 1. The third-order valence-electron chi connectivity index (χ3n) is 5.71. The number of aromatic nitrogens is 1. The summed E-state index contributed by atoms with van der Waals surface area (Å²) >= 11 is 0. The molecule has 34 heavy (non-hydrogen) atoms. The van der Waals surface area contributed by atoms with Crippen LogP contribution >= 0.6 is 0 Å². The third-order valence-corrected chi connectivity index (χ3v) is 7.76. The summed E-state index contributed by atoms with van der Waals surface area (Å²) in [4.78, 5) is 12.5. The van der Waals surface area contributed by atoms with E-state index in [0.717, 1.165) is 0 Å². The van der Waals surface area contributed by atoms with Crippen LogP contribution in [0.3, 0.4) is 0 Å². The molecule has 2 aromatic carbocycles. The summed E-state index contributed by atoms with van der Waals surface area (Å²) in [6.07, 6.45) is 3.36. The molecular weight excluding hydrogens is 464 g/mol. The lowest BCUT2D eigenvalue weighted by atomic mass is 9.97. The lowest BCUT2D eigenvalue weighted by molar-refractivity contribution is -0.120. The van der Waals surface area contributed by atoms with E-state index in [9.17, 15) is 22.0 Å². The van der Waals surface area contributed by atoms with Gasteiger partial charge >= 0.3 is 0 Å². The maximum atomic E-state index is 13.9. The van der Waals surface area contributed by atoms with E-state index in [2.05, 4.69) is 10.5 Å². The first kappa shape index (κ1) is 23.8. The summed E-state index contributed by atoms with van der Waals surface area (Å²) in [6, 6.07) is 12.0. The standard InChI is InChI=1S/C24H23F2N3O4S/c1-16-23(22(33-28-16)11-10-17-6-2-3-7-19(17)25)34(31,32)29-14-12-18(13-15-29)24(30)27-21-9-5-4-8-20(21)26/h2-11,18H,12-15H2,1H3,(H,27,30). The van der Waals surface area contributed by atoms with Crippen molar-refractivity contribution in [1.82, 2.24) is 9.46 Å². The molecule has 10 heteroatoms. The Morgan fingerprint density at radius 1 is 1.06 bits per heavy atom. The van der Waals surface area contributed by atoms with Gasteiger partial charge in [-0.05, 0) is 50.1 Å². The first-order chi connectivity index (χ1) is 16.3. The lowest BCUT2D eigenvalue weighted by Gasteiger charge is -2.30. The van der Waals surface area contributed by atoms with Gasteiger partial charge < -0.3 is 9.84 Å². The second-order valence-electron chi connectivity index (χ2n) is 7.96. The highest BCUT2D eigenvalue weighted by Crippen LogP contribution is 2.30. The van der Waals surface area contributed by atoms with Gasteiger partial charge in [-0.2, -0.15) is 4.31 Å². The SMILES string of the molecule is Cc1noc(C=Cc2ccccc2F)c1S(=O)(=O)N1CCC(C(=O)Nc2ccccc2F)CC1. The number of halogens is 2. The summed E-state index contributed by atoms with van der Waals surface area (Å²) in [7, 11) is -3.97. The summed E-state index contributed by atoms with van der Waals surface area (Å²) in [5, 5.41) is 6.35. The Balaban J connectivity index is 1.47. The molecule has 0 bridgehead atoms. The van der Waals surface area contributed by atoms with Crippen molar-refractivity contribution >= 4 is 33.8 Å². The molecule has 178 valence electrons. The van der Waals surface area contributed by atoms with Crippen molar-refractivity contribution in [2.45, 2.75) is 24.7 Å².